The fourth-order valence-corrected chi connectivity index (χ4v) is 14.8. The molecule has 0 radical (unpaired) electrons. The number of furan rings is 1. The van der Waals surface area contributed by atoms with Gasteiger partial charge in [-0.2, -0.15) is 18.2 Å². The molecule has 0 unspecified atom stereocenters. The first-order chi connectivity index (χ1) is 48.7. The van der Waals surface area contributed by atoms with Crippen LogP contribution >= 0.6 is 0 Å². The number of imidazole rings is 1. The van der Waals surface area contributed by atoms with Gasteiger partial charge in [0, 0.05) is 55.1 Å². The molecule has 0 saturated heterocycles. The third kappa shape index (κ3) is 8.82. The van der Waals surface area contributed by atoms with E-state index in [0.717, 1.165) is 27.4 Å². The number of para-hydroxylation sites is 5. The van der Waals surface area contributed by atoms with Gasteiger partial charge in [-0.15, -0.1) is 29.7 Å². The number of pyridine rings is 1. The maximum absolute atomic E-state index is 10.9. The first-order valence-corrected chi connectivity index (χ1v) is 28.6. The number of benzene rings is 11. The summed E-state index contributed by atoms with van der Waals surface area (Å²) in [6.07, 6.45) is 5.36. The minimum atomic E-state index is -6.26. The first kappa shape index (κ1) is 35.4. The summed E-state index contributed by atoms with van der Waals surface area (Å²) in [5, 5.41) is -0.532. The predicted octanol–water partition coefficient (Wildman–Crippen LogP) is 15.5. The summed E-state index contributed by atoms with van der Waals surface area (Å²) in [5.74, 6) is 1.35. The minimum Gasteiger partial charge on any atom is -0.510 e. The standard InChI is InChI=1S/C76H54N4O2Si.Pt/c1-76(2,3)53-45-46-77-73(48-53)80-67-38-15-13-33-62(67)63-44-43-56(50-70(63)80)81-55-25-20-24-54(49-55)78-51-79(69-40-17-16-39-68(69)78)75-61(35-21-37-65(75)64-36-22-42-72-74(64)66-34-14-18-41-71(66)82-72)52-23-19-32-60(47-52)83(57-26-7-4-8-27-57,58-28-9-5-10-29-58)59-30-11-6-12-31-59;/h4-48H,1-3H3;/q-2;/i4D,5D,6D,7D,8D,9D,10D,11D,12D,19D,23D,26D,27D,28D,29D,30D,31D,32D,47D;. The van der Waals surface area contributed by atoms with Crippen molar-refractivity contribution < 1.29 is 60.8 Å². The second kappa shape index (κ2) is 21.3. The Morgan fingerprint density at radius 3 is 1.92 bits per heavy atom. The number of ether oxygens (including phenoxy) is 1. The molecule has 15 aromatic rings. The molecule has 0 aliphatic rings. The van der Waals surface area contributed by atoms with Crippen molar-refractivity contribution in [3.05, 3.63) is 297 Å². The zero-order chi connectivity index (χ0) is 72.2. The zero-order valence-corrected chi connectivity index (χ0v) is 48.2. The molecule has 0 spiro atoms. The van der Waals surface area contributed by atoms with Crippen LogP contribution in [0.15, 0.2) is 277 Å². The van der Waals surface area contributed by atoms with E-state index in [9.17, 15) is 21.9 Å². The third-order valence-electron chi connectivity index (χ3n) is 15.0. The molecule has 4 aromatic heterocycles. The Morgan fingerprint density at radius 2 is 1.17 bits per heavy atom. The summed E-state index contributed by atoms with van der Waals surface area (Å²) < 4.78 is 200. The summed E-state index contributed by atoms with van der Waals surface area (Å²) in [6, 6.07) is 33.4. The van der Waals surface area contributed by atoms with Gasteiger partial charge in [0.15, 0.2) is 8.07 Å². The number of hydrogen-bond donors (Lipinski definition) is 0. The summed E-state index contributed by atoms with van der Waals surface area (Å²) >= 11 is 0. The molecule has 406 valence electrons. The molecule has 0 aliphatic heterocycles. The Bertz CT molecular complexity index is 5890. The molecule has 0 amide bonds. The molecule has 4 heterocycles. The van der Waals surface area contributed by atoms with Crippen LogP contribution in [-0.4, -0.2) is 22.2 Å². The van der Waals surface area contributed by atoms with E-state index in [1.807, 2.05) is 78.9 Å². The van der Waals surface area contributed by atoms with Crippen molar-refractivity contribution in [1.82, 2.24) is 14.1 Å². The summed E-state index contributed by atoms with van der Waals surface area (Å²) in [7, 11) is -6.26. The van der Waals surface area contributed by atoms with Gasteiger partial charge in [-0.05, 0) is 95.4 Å². The second-order valence-corrected chi connectivity index (χ2v) is 24.3. The van der Waals surface area contributed by atoms with Crippen LogP contribution in [0.25, 0.3) is 94.2 Å². The van der Waals surface area contributed by atoms with Crippen LogP contribution in [-0.2, 0) is 26.5 Å². The number of fused-ring (bicyclic) bond motifs is 7. The van der Waals surface area contributed by atoms with Crippen molar-refractivity contribution in [2.75, 3.05) is 0 Å². The van der Waals surface area contributed by atoms with Gasteiger partial charge in [-0.3, -0.25) is 4.57 Å². The maximum Gasteiger partial charge on any atom is 0.268 e. The van der Waals surface area contributed by atoms with Gasteiger partial charge >= 0.3 is 0 Å². The van der Waals surface area contributed by atoms with Gasteiger partial charge in [-0.25, -0.2) is 4.98 Å². The average molecular weight is 1300 g/mol. The topological polar surface area (TPSA) is 49.0 Å². The van der Waals surface area contributed by atoms with Crippen LogP contribution in [0.4, 0.5) is 0 Å². The quantitative estimate of drug-likeness (QED) is 0.0561. The molecule has 0 N–H and O–H groups in total. The van der Waals surface area contributed by atoms with Crippen molar-refractivity contribution in [1.29, 1.82) is 0 Å². The molecule has 0 fully saturated rings. The summed E-state index contributed by atoms with van der Waals surface area (Å²) in [6.45, 7) is 6.44. The van der Waals surface area contributed by atoms with Crippen molar-refractivity contribution in [2.24, 2.45) is 0 Å². The van der Waals surface area contributed by atoms with Crippen molar-refractivity contribution in [3.63, 3.8) is 0 Å². The van der Waals surface area contributed by atoms with Crippen LogP contribution in [0.1, 0.15) is 52.4 Å². The van der Waals surface area contributed by atoms with Crippen molar-refractivity contribution in [3.8, 4) is 50.9 Å². The predicted molar refractivity (Wildman–Crippen MR) is 340 cm³/mol. The van der Waals surface area contributed by atoms with Gasteiger partial charge in [0.2, 0.25) is 0 Å². The zero-order valence-electron chi connectivity index (χ0n) is 63.9. The average Bonchev–Trinajstić information content (AvgIpc) is 1.63. The minimum absolute atomic E-state index is 0. The van der Waals surface area contributed by atoms with Crippen molar-refractivity contribution in [2.45, 2.75) is 26.2 Å². The molecule has 0 atom stereocenters. The summed E-state index contributed by atoms with van der Waals surface area (Å²) in [4.78, 5) is 4.84. The van der Waals surface area contributed by atoms with Gasteiger partial charge in [0.05, 0.1) is 42.8 Å². The largest absolute Gasteiger partial charge is 0.510 e. The van der Waals surface area contributed by atoms with E-state index in [-0.39, 0.29) is 43.5 Å². The van der Waals surface area contributed by atoms with Gasteiger partial charge in [0.1, 0.15) is 17.0 Å². The molecule has 15 rings (SSSR count). The summed E-state index contributed by atoms with van der Waals surface area (Å²) in [5.41, 5.74) is 5.51. The Morgan fingerprint density at radius 1 is 0.548 bits per heavy atom. The second-order valence-electron chi connectivity index (χ2n) is 20.8. The van der Waals surface area contributed by atoms with Crippen molar-refractivity contribution >= 4 is 83.6 Å². The molecule has 0 saturated carbocycles. The molecule has 0 bridgehead atoms. The van der Waals surface area contributed by atoms with Gasteiger partial charge < -0.3 is 18.3 Å². The molecule has 0 aliphatic carbocycles. The number of hydrogen-bond acceptors (Lipinski definition) is 3. The van der Waals surface area contributed by atoms with E-state index < -0.39 is 149 Å². The maximum atomic E-state index is 10.9. The van der Waals surface area contributed by atoms with Crippen LogP contribution in [0, 0.1) is 18.5 Å². The SMILES string of the molecule is [2H]c1c([2H])c([2H])c([Si](c2c([2H])c([2H])c([2H])c([2H])c2[2H])(c2c([2H])c([2H])c([2H])c([2H])c2[2H])c2c([2H])c([2H])c([2H])c(-c3cccc(-c4cccc5oc6ccccc6c45)c3-[n+]3[c-]n(-c4[c-]c(Oc5[c-]c6c(cc5)c5ccccc5n6-c5cc(C(C)(C)C)ccn5)ccc4)c4ccccc43)c2[2H])c([2H])c1[2H].[Pt]. The first-order valence-electron chi connectivity index (χ1n) is 36.1. The monoisotopic (exact) mass is 1300 g/mol. The van der Waals surface area contributed by atoms with Gasteiger partial charge in [-0.1, -0.05) is 232 Å². The van der Waals surface area contributed by atoms with E-state index in [1.165, 1.54) is 6.07 Å². The van der Waals surface area contributed by atoms with Gasteiger partial charge in [0.25, 0.3) is 6.33 Å². The molecular formula is C76H54N4O2PtSi-2. The Balaban J connectivity index is 0.00000897. The molecular weight excluding hydrogens is 1220 g/mol. The Hall–Kier alpha value is -9.65. The van der Waals surface area contributed by atoms with E-state index in [2.05, 4.69) is 55.9 Å². The molecule has 8 heteroatoms. The molecule has 11 aromatic carbocycles. The fourth-order valence-electron chi connectivity index (χ4n) is 11.3. The van der Waals surface area contributed by atoms with Crippen LogP contribution in [0.2, 0.25) is 0 Å². The van der Waals surface area contributed by atoms with E-state index in [4.69, 9.17) is 18.3 Å². The van der Waals surface area contributed by atoms with E-state index >= 15 is 0 Å². The number of rotatable bonds is 11. The van der Waals surface area contributed by atoms with E-state index in [1.54, 1.807) is 69.9 Å². The Kier molecular flexibility index (Phi) is 8.95. The normalized spacial score (nSPS) is 15.1. The fraction of sp³-hybridized carbons (Fsp3) is 0.0526. The smallest absolute Gasteiger partial charge is 0.268 e. The third-order valence-corrected chi connectivity index (χ3v) is 19.0. The molecule has 6 nitrogen and oxygen atoms in total. The Labute approximate surface area is 530 Å². The number of nitrogens with zero attached hydrogens (tertiary/aromatic N) is 4. The number of aromatic nitrogens is 4. The van der Waals surface area contributed by atoms with Crippen LogP contribution < -0.4 is 30.1 Å². The van der Waals surface area contributed by atoms with E-state index in [0.29, 0.717) is 61.4 Å². The molecule has 84 heavy (non-hydrogen) atoms. The van der Waals surface area contributed by atoms with Crippen LogP contribution in [0.5, 0.6) is 11.5 Å². The van der Waals surface area contributed by atoms with Crippen LogP contribution in [0.3, 0.4) is 0 Å².